The highest BCUT2D eigenvalue weighted by Crippen LogP contribution is 2.38. The molecule has 0 aliphatic heterocycles. The molecule has 0 fully saturated rings. The molecule has 0 aliphatic rings. The van der Waals surface area contributed by atoms with Crippen molar-refractivity contribution in [3.05, 3.63) is 51.2 Å². The van der Waals surface area contributed by atoms with E-state index in [-0.39, 0.29) is 5.56 Å². The number of H-pyrrole nitrogens is 1. The Balaban J connectivity index is 2.19. The second-order valence-electron chi connectivity index (χ2n) is 4.85. The van der Waals surface area contributed by atoms with E-state index in [9.17, 15) is 4.79 Å². The normalized spacial score (nSPS) is 10.7. The minimum atomic E-state index is -0.172. The Bertz CT molecular complexity index is 921. The van der Waals surface area contributed by atoms with Gasteiger partial charge in [0.2, 0.25) is 0 Å². The second-order valence-corrected chi connectivity index (χ2v) is 5.71. The molecule has 0 radical (unpaired) electrons. The molecule has 3 rings (SSSR count). The molecule has 23 heavy (non-hydrogen) atoms. The second kappa shape index (κ2) is 6.42. The standard InChI is InChI=1S/C17H15BrN2O3/c1-3-23-15-12(18)8-10(9-14(15)22-2)16-19-13-7-5-4-6-11(13)17(21)20-16/h4-9H,3H2,1-2H3,(H,19,20,21). The van der Waals surface area contributed by atoms with Crippen LogP contribution < -0.4 is 15.0 Å². The Kier molecular flexibility index (Phi) is 4.34. The van der Waals surface area contributed by atoms with Crippen LogP contribution in [-0.2, 0) is 0 Å². The maximum absolute atomic E-state index is 12.2. The van der Waals surface area contributed by atoms with Crippen molar-refractivity contribution in [2.75, 3.05) is 13.7 Å². The lowest BCUT2D eigenvalue weighted by Crippen LogP contribution is -2.09. The van der Waals surface area contributed by atoms with E-state index >= 15 is 0 Å². The fourth-order valence-corrected chi connectivity index (χ4v) is 2.92. The van der Waals surface area contributed by atoms with Crippen LogP contribution in [0.5, 0.6) is 11.5 Å². The van der Waals surface area contributed by atoms with Crippen LogP contribution in [0.2, 0.25) is 0 Å². The van der Waals surface area contributed by atoms with Crippen LogP contribution in [0.15, 0.2) is 45.7 Å². The molecule has 1 aromatic heterocycles. The molecule has 5 nitrogen and oxygen atoms in total. The Morgan fingerprint density at radius 2 is 2.04 bits per heavy atom. The average Bonchev–Trinajstić information content (AvgIpc) is 2.56. The van der Waals surface area contributed by atoms with Gasteiger partial charge in [-0.2, -0.15) is 0 Å². The SMILES string of the molecule is CCOc1c(Br)cc(-c2nc3ccccc3c(=O)[nH]2)cc1OC. The van der Waals surface area contributed by atoms with Gasteiger partial charge in [-0.15, -0.1) is 0 Å². The predicted molar refractivity (Wildman–Crippen MR) is 93.2 cm³/mol. The maximum atomic E-state index is 12.2. The van der Waals surface area contributed by atoms with Crippen molar-refractivity contribution in [2.24, 2.45) is 0 Å². The molecule has 0 spiro atoms. The lowest BCUT2D eigenvalue weighted by molar-refractivity contribution is 0.309. The number of aromatic amines is 1. The molecule has 0 amide bonds. The molecule has 3 aromatic rings. The van der Waals surface area contributed by atoms with Crippen molar-refractivity contribution in [1.29, 1.82) is 0 Å². The van der Waals surface area contributed by atoms with Gasteiger partial charge in [0.1, 0.15) is 5.82 Å². The lowest BCUT2D eigenvalue weighted by Gasteiger charge is -2.13. The summed E-state index contributed by atoms with van der Waals surface area (Å²) in [5.74, 6) is 1.68. The van der Waals surface area contributed by atoms with E-state index in [0.717, 1.165) is 10.0 Å². The van der Waals surface area contributed by atoms with Gasteiger partial charge in [0.25, 0.3) is 5.56 Å². The number of ether oxygens (including phenoxy) is 2. The van der Waals surface area contributed by atoms with Gasteiger partial charge in [0, 0.05) is 5.56 Å². The molecule has 0 bridgehead atoms. The first-order valence-electron chi connectivity index (χ1n) is 7.13. The number of nitrogens with zero attached hydrogens (tertiary/aromatic N) is 1. The Morgan fingerprint density at radius 3 is 2.78 bits per heavy atom. The average molecular weight is 375 g/mol. The van der Waals surface area contributed by atoms with Crippen LogP contribution in [-0.4, -0.2) is 23.7 Å². The highest BCUT2D eigenvalue weighted by atomic mass is 79.9. The zero-order valence-corrected chi connectivity index (χ0v) is 14.3. The number of hydrogen-bond acceptors (Lipinski definition) is 4. The molecular formula is C17H15BrN2O3. The number of benzene rings is 2. The minimum Gasteiger partial charge on any atom is -0.493 e. The fraction of sp³-hybridized carbons (Fsp3) is 0.176. The van der Waals surface area contributed by atoms with Gasteiger partial charge in [-0.25, -0.2) is 4.98 Å². The summed E-state index contributed by atoms with van der Waals surface area (Å²) in [5.41, 5.74) is 1.21. The molecule has 1 heterocycles. The van der Waals surface area contributed by atoms with Crippen LogP contribution in [0.3, 0.4) is 0 Å². The van der Waals surface area contributed by atoms with Gasteiger partial charge in [0.15, 0.2) is 11.5 Å². The van der Waals surface area contributed by atoms with Gasteiger partial charge in [-0.05, 0) is 47.1 Å². The van der Waals surface area contributed by atoms with E-state index in [2.05, 4.69) is 25.9 Å². The van der Waals surface area contributed by atoms with Crippen molar-refractivity contribution in [1.82, 2.24) is 9.97 Å². The third-order valence-corrected chi connectivity index (χ3v) is 3.99. The van der Waals surface area contributed by atoms with Gasteiger partial charge in [-0.3, -0.25) is 4.79 Å². The Morgan fingerprint density at radius 1 is 1.26 bits per heavy atom. The van der Waals surface area contributed by atoms with Gasteiger partial charge < -0.3 is 14.5 Å². The lowest BCUT2D eigenvalue weighted by atomic mass is 10.1. The van der Waals surface area contributed by atoms with Crippen molar-refractivity contribution >= 4 is 26.8 Å². The summed E-state index contributed by atoms with van der Waals surface area (Å²) in [4.78, 5) is 19.6. The molecule has 0 saturated heterocycles. The van der Waals surface area contributed by atoms with Crippen molar-refractivity contribution in [3.8, 4) is 22.9 Å². The van der Waals surface area contributed by atoms with Crippen LogP contribution in [0.25, 0.3) is 22.3 Å². The monoisotopic (exact) mass is 374 g/mol. The number of rotatable bonds is 4. The molecule has 1 N–H and O–H groups in total. The number of halogens is 1. The summed E-state index contributed by atoms with van der Waals surface area (Å²) < 4.78 is 11.7. The predicted octanol–water partition coefficient (Wildman–Crippen LogP) is 3.76. The van der Waals surface area contributed by atoms with Crippen LogP contribution >= 0.6 is 15.9 Å². The van der Waals surface area contributed by atoms with E-state index in [1.54, 1.807) is 19.2 Å². The van der Waals surface area contributed by atoms with Gasteiger partial charge >= 0.3 is 0 Å². The zero-order valence-electron chi connectivity index (χ0n) is 12.7. The summed E-state index contributed by atoms with van der Waals surface area (Å²) in [6.45, 7) is 2.43. The fourth-order valence-electron chi connectivity index (χ4n) is 2.36. The topological polar surface area (TPSA) is 64.2 Å². The Hall–Kier alpha value is -2.34. The number of nitrogens with one attached hydrogen (secondary N) is 1. The molecule has 2 aromatic carbocycles. The van der Waals surface area contributed by atoms with Gasteiger partial charge in [0.05, 0.1) is 29.1 Å². The van der Waals surface area contributed by atoms with Crippen molar-refractivity contribution in [2.45, 2.75) is 6.92 Å². The first-order chi connectivity index (χ1) is 11.1. The van der Waals surface area contributed by atoms with Crippen LogP contribution in [0.1, 0.15) is 6.92 Å². The number of hydrogen-bond donors (Lipinski definition) is 1. The zero-order chi connectivity index (χ0) is 16.4. The highest BCUT2D eigenvalue weighted by Gasteiger charge is 2.14. The number of para-hydroxylation sites is 1. The van der Waals surface area contributed by atoms with Gasteiger partial charge in [-0.1, -0.05) is 12.1 Å². The van der Waals surface area contributed by atoms with Crippen molar-refractivity contribution in [3.63, 3.8) is 0 Å². The van der Waals surface area contributed by atoms with E-state index in [1.165, 1.54) is 0 Å². The molecule has 118 valence electrons. The van der Waals surface area contributed by atoms with Crippen LogP contribution in [0.4, 0.5) is 0 Å². The number of methoxy groups -OCH3 is 1. The van der Waals surface area contributed by atoms with E-state index in [4.69, 9.17) is 9.47 Å². The third kappa shape index (κ3) is 2.94. The molecule has 0 saturated carbocycles. The smallest absolute Gasteiger partial charge is 0.259 e. The molecule has 0 aliphatic carbocycles. The Labute approximate surface area is 141 Å². The largest absolute Gasteiger partial charge is 0.493 e. The molecular weight excluding hydrogens is 360 g/mol. The van der Waals surface area contributed by atoms with E-state index in [0.29, 0.717) is 34.8 Å². The first kappa shape index (κ1) is 15.6. The summed E-state index contributed by atoms with van der Waals surface area (Å²) in [6.07, 6.45) is 0. The summed E-state index contributed by atoms with van der Waals surface area (Å²) in [5, 5.41) is 0.563. The minimum absolute atomic E-state index is 0.172. The van der Waals surface area contributed by atoms with Crippen molar-refractivity contribution < 1.29 is 9.47 Å². The highest BCUT2D eigenvalue weighted by molar-refractivity contribution is 9.10. The van der Waals surface area contributed by atoms with Crippen LogP contribution in [0, 0.1) is 0 Å². The molecule has 0 atom stereocenters. The number of aromatic nitrogens is 2. The third-order valence-electron chi connectivity index (χ3n) is 3.40. The van der Waals surface area contributed by atoms with E-state index < -0.39 is 0 Å². The first-order valence-corrected chi connectivity index (χ1v) is 7.93. The number of fused-ring (bicyclic) bond motifs is 1. The quantitative estimate of drug-likeness (QED) is 0.754. The summed E-state index contributed by atoms with van der Waals surface area (Å²) in [6, 6.07) is 10.9. The maximum Gasteiger partial charge on any atom is 0.259 e. The van der Waals surface area contributed by atoms with E-state index in [1.807, 2.05) is 31.2 Å². The molecule has 0 unspecified atom stereocenters. The molecule has 6 heteroatoms. The summed E-state index contributed by atoms with van der Waals surface area (Å²) >= 11 is 3.48. The summed E-state index contributed by atoms with van der Waals surface area (Å²) in [7, 11) is 1.57.